The van der Waals surface area contributed by atoms with Crippen LogP contribution in [-0.4, -0.2) is 36.1 Å². The predicted molar refractivity (Wildman–Crippen MR) is 109 cm³/mol. The first-order chi connectivity index (χ1) is 14.2. The third-order valence-electron chi connectivity index (χ3n) is 3.78. The lowest BCUT2D eigenvalue weighted by Gasteiger charge is -2.05. The molecule has 3 aromatic rings. The molecule has 1 amide bonds. The van der Waals surface area contributed by atoms with Crippen LogP contribution in [0.2, 0.25) is 0 Å². The maximum absolute atomic E-state index is 12.5. The smallest absolute Gasteiger partial charge is 0.310 e. The van der Waals surface area contributed by atoms with Gasteiger partial charge in [0, 0.05) is 6.07 Å². The Balaban J connectivity index is 1.62. The van der Waals surface area contributed by atoms with Gasteiger partial charge in [0.15, 0.2) is 12.4 Å². The van der Waals surface area contributed by atoms with E-state index in [0.717, 1.165) is 5.56 Å². The van der Waals surface area contributed by atoms with Crippen LogP contribution >= 0.6 is 11.3 Å². The van der Waals surface area contributed by atoms with E-state index in [2.05, 4.69) is 15.5 Å². The molecular weight excluding hydrogens is 432 g/mol. The summed E-state index contributed by atoms with van der Waals surface area (Å²) in [6.45, 7) is 1.34. The molecule has 12 heteroatoms. The molecule has 1 aromatic heterocycles. The predicted octanol–water partition coefficient (Wildman–Crippen LogP) is 2.75. The van der Waals surface area contributed by atoms with Crippen LogP contribution in [-0.2, 0) is 20.4 Å². The van der Waals surface area contributed by atoms with E-state index < -0.39 is 27.3 Å². The number of nitro benzene ring substituents is 1. The Kier molecular flexibility index (Phi) is 6.37. The van der Waals surface area contributed by atoms with Gasteiger partial charge in [0.1, 0.15) is 0 Å². The van der Waals surface area contributed by atoms with Crippen molar-refractivity contribution >= 4 is 37.9 Å². The summed E-state index contributed by atoms with van der Waals surface area (Å²) in [4.78, 5) is 22.4. The van der Waals surface area contributed by atoms with Gasteiger partial charge in [0.05, 0.1) is 10.7 Å². The summed E-state index contributed by atoms with van der Waals surface area (Å²) in [5, 5.41) is 20.6. The van der Waals surface area contributed by atoms with Gasteiger partial charge in [-0.2, -0.15) is 0 Å². The molecule has 0 unspecified atom stereocenters. The second-order valence-electron chi connectivity index (χ2n) is 6.18. The standard InChI is InChI=1S/C18H16N4O6S2/c1-12-5-4-6-13(9-12)11-30(26,27)18-21-20-17(29-18)19-16(23)10-28-15-8-3-2-7-14(15)22(24)25/h2-9H,10-11H2,1H3,(H,19,20,23). The molecule has 0 aliphatic carbocycles. The zero-order valence-corrected chi connectivity index (χ0v) is 17.3. The van der Waals surface area contributed by atoms with Crippen molar-refractivity contribution < 1.29 is 22.9 Å². The van der Waals surface area contributed by atoms with Gasteiger partial charge in [-0.05, 0) is 18.6 Å². The number of nitrogens with zero attached hydrogens (tertiary/aromatic N) is 3. The van der Waals surface area contributed by atoms with Gasteiger partial charge in [-0.3, -0.25) is 20.2 Å². The van der Waals surface area contributed by atoms with Gasteiger partial charge >= 0.3 is 5.69 Å². The Morgan fingerprint density at radius 1 is 1.20 bits per heavy atom. The summed E-state index contributed by atoms with van der Waals surface area (Å²) in [7, 11) is -3.73. The second-order valence-corrected chi connectivity index (χ2v) is 9.32. The average Bonchev–Trinajstić information content (AvgIpc) is 3.15. The first-order valence-corrected chi connectivity index (χ1v) is 11.0. The minimum Gasteiger partial charge on any atom is -0.477 e. The number of benzene rings is 2. The molecular formula is C18H16N4O6S2. The van der Waals surface area contributed by atoms with Crippen molar-refractivity contribution in [3.05, 3.63) is 69.8 Å². The highest BCUT2D eigenvalue weighted by Crippen LogP contribution is 2.26. The van der Waals surface area contributed by atoms with Gasteiger partial charge in [0.2, 0.25) is 19.3 Å². The van der Waals surface area contributed by atoms with E-state index in [1.54, 1.807) is 18.2 Å². The fourth-order valence-electron chi connectivity index (χ4n) is 2.50. The average molecular weight is 448 g/mol. The number of hydrogen-bond donors (Lipinski definition) is 1. The quantitative estimate of drug-likeness (QED) is 0.315. The van der Waals surface area contributed by atoms with Crippen molar-refractivity contribution in [2.24, 2.45) is 0 Å². The normalized spacial score (nSPS) is 11.1. The first kappa shape index (κ1) is 21.3. The summed E-state index contributed by atoms with van der Waals surface area (Å²) in [6.07, 6.45) is 0. The largest absolute Gasteiger partial charge is 0.477 e. The first-order valence-electron chi connectivity index (χ1n) is 8.52. The van der Waals surface area contributed by atoms with Crippen LogP contribution in [0, 0.1) is 17.0 Å². The maximum atomic E-state index is 12.5. The number of nitro groups is 1. The summed E-state index contributed by atoms with van der Waals surface area (Å²) in [5.74, 6) is -0.957. The van der Waals surface area contributed by atoms with E-state index in [-0.39, 0.29) is 26.7 Å². The number of rotatable bonds is 8. The molecule has 30 heavy (non-hydrogen) atoms. The third-order valence-corrected chi connectivity index (χ3v) is 6.75. The van der Waals surface area contributed by atoms with Crippen LogP contribution in [0.4, 0.5) is 10.8 Å². The van der Waals surface area contributed by atoms with E-state index in [0.29, 0.717) is 16.9 Å². The van der Waals surface area contributed by atoms with Crippen molar-refractivity contribution in [3.63, 3.8) is 0 Å². The highest BCUT2D eigenvalue weighted by atomic mass is 32.2. The minimum atomic E-state index is -3.73. The number of hydrogen-bond acceptors (Lipinski definition) is 9. The van der Waals surface area contributed by atoms with Crippen molar-refractivity contribution in [2.45, 2.75) is 17.0 Å². The lowest BCUT2D eigenvalue weighted by atomic mass is 10.2. The van der Waals surface area contributed by atoms with Gasteiger partial charge in [-0.1, -0.05) is 53.3 Å². The van der Waals surface area contributed by atoms with Crippen LogP contribution in [0.3, 0.4) is 0 Å². The number of carbonyl (C=O) groups is 1. The molecule has 0 saturated heterocycles. The fourth-order valence-corrected chi connectivity index (χ4v) is 4.82. The molecule has 0 fully saturated rings. The van der Waals surface area contributed by atoms with Gasteiger partial charge in [0.25, 0.3) is 5.91 Å². The van der Waals surface area contributed by atoms with Gasteiger partial charge in [-0.25, -0.2) is 8.42 Å². The maximum Gasteiger partial charge on any atom is 0.310 e. The highest BCUT2D eigenvalue weighted by Gasteiger charge is 2.22. The molecule has 0 spiro atoms. The van der Waals surface area contributed by atoms with Crippen molar-refractivity contribution in [2.75, 3.05) is 11.9 Å². The van der Waals surface area contributed by atoms with E-state index in [1.807, 2.05) is 13.0 Å². The molecule has 156 valence electrons. The zero-order valence-electron chi connectivity index (χ0n) is 15.6. The number of ether oxygens (including phenoxy) is 1. The number of nitrogens with one attached hydrogen (secondary N) is 1. The molecule has 0 radical (unpaired) electrons. The number of aromatic nitrogens is 2. The molecule has 0 aliphatic rings. The number of amides is 1. The molecule has 1 heterocycles. The SMILES string of the molecule is Cc1cccc(CS(=O)(=O)c2nnc(NC(=O)COc3ccccc3[N+](=O)[O-])s2)c1. The van der Waals surface area contributed by atoms with Gasteiger partial charge < -0.3 is 4.74 Å². The molecule has 3 rings (SSSR count). The van der Waals surface area contributed by atoms with E-state index in [1.165, 1.54) is 24.3 Å². The summed E-state index contributed by atoms with van der Waals surface area (Å²) >= 11 is 0.715. The van der Waals surface area contributed by atoms with Crippen molar-refractivity contribution in [1.82, 2.24) is 10.2 Å². The zero-order chi connectivity index (χ0) is 21.7. The van der Waals surface area contributed by atoms with E-state index in [9.17, 15) is 23.3 Å². The summed E-state index contributed by atoms with van der Waals surface area (Å²) in [5.41, 5.74) is 1.28. The Bertz CT molecular complexity index is 1190. The van der Waals surface area contributed by atoms with E-state index >= 15 is 0 Å². The van der Waals surface area contributed by atoms with Crippen LogP contribution in [0.25, 0.3) is 0 Å². The van der Waals surface area contributed by atoms with Crippen molar-refractivity contribution in [1.29, 1.82) is 0 Å². The molecule has 0 bridgehead atoms. The van der Waals surface area contributed by atoms with Crippen LogP contribution < -0.4 is 10.1 Å². The Morgan fingerprint density at radius 2 is 1.97 bits per heavy atom. The van der Waals surface area contributed by atoms with Crippen LogP contribution in [0.5, 0.6) is 5.75 Å². The van der Waals surface area contributed by atoms with Crippen molar-refractivity contribution in [3.8, 4) is 5.75 Å². The highest BCUT2D eigenvalue weighted by molar-refractivity contribution is 7.92. The summed E-state index contributed by atoms with van der Waals surface area (Å²) in [6, 6.07) is 12.7. The molecule has 10 nitrogen and oxygen atoms in total. The van der Waals surface area contributed by atoms with Gasteiger partial charge in [-0.15, -0.1) is 10.2 Å². The molecule has 0 atom stereocenters. The molecule has 1 N–H and O–H groups in total. The number of anilines is 1. The molecule has 0 saturated carbocycles. The molecule has 2 aromatic carbocycles. The molecule has 0 aliphatic heterocycles. The topological polar surface area (TPSA) is 141 Å². The lowest BCUT2D eigenvalue weighted by Crippen LogP contribution is -2.20. The third kappa shape index (κ3) is 5.36. The Morgan fingerprint density at radius 3 is 2.70 bits per heavy atom. The Hall–Kier alpha value is -3.38. The number of sulfone groups is 1. The second kappa shape index (κ2) is 8.97. The number of aryl methyl sites for hydroxylation is 1. The number of carbonyl (C=O) groups excluding carboxylic acids is 1. The monoisotopic (exact) mass is 448 g/mol. The van der Waals surface area contributed by atoms with Crippen LogP contribution in [0.1, 0.15) is 11.1 Å². The fraction of sp³-hybridized carbons (Fsp3) is 0.167. The van der Waals surface area contributed by atoms with E-state index in [4.69, 9.17) is 4.74 Å². The summed E-state index contributed by atoms with van der Waals surface area (Å²) < 4.78 is 30.0. The lowest BCUT2D eigenvalue weighted by molar-refractivity contribution is -0.385. The minimum absolute atomic E-state index is 0.0195. The van der Waals surface area contributed by atoms with Crippen LogP contribution in [0.15, 0.2) is 52.9 Å². The number of para-hydroxylation sites is 2. The Labute approximate surface area is 175 Å².